The van der Waals surface area contributed by atoms with Gasteiger partial charge >= 0.3 is 0 Å². The monoisotopic (exact) mass is 320 g/mol. The van der Waals surface area contributed by atoms with E-state index in [1.54, 1.807) is 12.4 Å². The first-order valence-corrected chi connectivity index (χ1v) is 8.16. The minimum atomic E-state index is 0.708. The van der Waals surface area contributed by atoms with Crippen molar-refractivity contribution in [1.29, 1.82) is 0 Å². The van der Waals surface area contributed by atoms with Crippen LogP contribution in [0.15, 0.2) is 31.0 Å². The van der Waals surface area contributed by atoms with Crippen molar-refractivity contribution in [2.75, 3.05) is 6.54 Å². The quantitative estimate of drug-likeness (QED) is 0.802. The summed E-state index contributed by atoms with van der Waals surface area (Å²) in [7, 11) is 0. The molecule has 3 aromatic heterocycles. The SMILES string of the molecule is Cc1cc(CN2CCc3nc(-c4cncnc4)ncc3C2)c(C)[nH]1. The van der Waals surface area contributed by atoms with Crippen LogP contribution in [-0.2, 0) is 19.5 Å². The van der Waals surface area contributed by atoms with Crippen molar-refractivity contribution in [3.63, 3.8) is 0 Å². The van der Waals surface area contributed by atoms with Crippen molar-refractivity contribution in [3.8, 4) is 11.4 Å². The maximum absolute atomic E-state index is 4.72. The number of aromatic amines is 1. The number of hydrogen-bond donors (Lipinski definition) is 1. The topological polar surface area (TPSA) is 70.6 Å². The van der Waals surface area contributed by atoms with Crippen molar-refractivity contribution in [1.82, 2.24) is 29.8 Å². The van der Waals surface area contributed by atoms with Crippen LogP contribution in [0.25, 0.3) is 11.4 Å². The van der Waals surface area contributed by atoms with Crippen molar-refractivity contribution in [3.05, 3.63) is 59.2 Å². The fraction of sp³-hybridized carbons (Fsp3) is 0.333. The van der Waals surface area contributed by atoms with Crippen molar-refractivity contribution in [2.45, 2.75) is 33.4 Å². The predicted molar refractivity (Wildman–Crippen MR) is 91.1 cm³/mol. The van der Waals surface area contributed by atoms with Gasteiger partial charge < -0.3 is 4.98 Å². The Hall–Kier alpha value is -2.60. The molecular weight excluding hydrogens is 300 g/mol. The van der Waals surface area contributed by atoms with E-state index >= 15 is 0 Å². The number of aryl methyl sites for hydroxylation is 2. The maximum atomic E-state index is 4.72. The van der Waals surface area contributed by atoms with Gasteiger partial charge in [0.2, 0.25) is 0 Å². The summed E-state index contributed by atoms with van der Waals surface area (Å²) in [4.78, 5) is 23.1. The van der Waals surface area contributed by atoms with E-state index in [0.717, 1.165) is 37.3 Å². The maximum Gasteiger partial charge on any atom is 0.162 e. The molecule has 0 fully saturated rings. The summed E-state index contributed by atoms with van der Waals surface area (Å²) in [5.41, 5.74) is 7.07. The van der Waals surface area contributed by atoms with E-state index in [-0.39, 0.29) is 0 Å². The number of aromatic nitrogens is 5. The first-order valence-electron chi connectivity index (χ1n) is 8.16. The van der Waals surface area contributed by atoms with E-state index in [0.29, 0.717) is 5.82 Å². The molecule has 0 amide bonds. The Balaban J connectivity index is 1.53. The van der Waals surface area contributed by atoms with Crippen LogP contribution in [0.4, 0.5) is 0 Å². The molecule has 1 N–H and O–H groups in total. The Kier molecular flexibility index (Phi) is 3.82. The van der Waals surface area contributed by atoms with Crippen molar-refractivity contribution < 1.29 is 0 Å². The van der Waals surface area contributed by atoms with Crippen LogP contribution in [0, 0.1) is 13.8 Å². The van der Waals surface area contributed by atoms with E-state index < -0.39 is 0 Å². The van der Waals surface area contributed by atoms with E-state index in [9.17, 15) is 0 Å². The number of nitrogens with zero attached hydrogens (tertiary/aromatic N) is 5. The lowest BCUT2D eigenvalue weighted by Gasteiger charge is -2.28. The molecular formula is C18H20N6. The van der Waals surface area contributed by atoms with Gasteiger partial charge in [-0.1, -0.05) is 0 Å². The van der Waals surface area contributed by atoms with Crippen LogP contribution in [0.1, 0.15) is 28.2 Å². The Morgan fingerprint density at radius 3 is 2.75 bits per heavy atom. The minimum Gasteiger partial charge on any atom is -0.362 e. The lowest BCUT2D eigenvalue weighted by Crippen LogP contribution is -2.31. The third-order valence-electron chi connectivity index (χ3n) is 4.48. The van der Waals surface area contributed by atoms with Crippen LogP contribution in [0.3, 0.4) is 0 Å². The molecule has 0 bridgehead atoms. The molecule has 6 nitrogen and oxygen atoms in total. The number of fused-ring (bicyclic) bond motifs is 1. The minimum absolute atomic E-state index is 0.708. The highest BCUT2D eigenvalue weighted by atomic mass is 15.1. The highest BCUT2D eigenvalue weighted by molar-refractivity contribution is 5.52. The van der Waals surface area contributed by atoms with Gasteiger partial charge in [-0.2, -0.15) is 0 Å². The summed E-state index contributed by atoms with van der Waals surface area (Å²) in [6.07, 6.45) is 7.92. The normalized spacial score (nSPS) is 14.6. The summed E-state index contributed by atoms with van der Waals surface area (Å²) in [6, 6.07) is 2.24. The summed E-state index contributed by atoms with van der Waals surface area (Å²) in [5.74, 6) is 0.708. The highest BCUT2D eigenvalue weighted by Crippen LogP contribution is 2.22. The van der Waals surface area contributed by atoms with Crippen LogP contribution in [-0.4, -0.2) is 36.4 Å². The van der Waals surface area contributed by atoms with E-state index in [1.165, 1.54) is 28.8 Å². The summed E-state index contributed by atoms with van der Waals surface area (Å²) in [5, 5.41) is 0. The Labute approximate surface area is 141 Å². The van der Waals surface area contributed by atoms with Gasteiger partial charge in [-0.05, 0) is 25.5 Å². The van der Waals surface area contributed by atoms with Gasteiger partial charge in [0.25, 0.3) is 0 Å². The molecule has 4 rings (SSSR count). The zero-order chi connectivity index (χ0) is 16.5. The molecule has 0 aliphatic carbocycles. The average molecular weight is 320 g/mol. The predicted octanol–water partition coefficient (Wildman–Crippen LogP) is 2.44. The Morgan fingerprint density at radius 2 is 2.00 bits per heavy atom. The molecule has 0 aromatic carbocycles. The average Bonchev–Trinajstić information content (AvgIpc) is 2.92. The molecule has 0 saturated carbocycles. The van der Waals surface area contributed by atoms with Crippen LogP contribution >= 0.6 is 0 Å². The van der Waals surface area contributed by atoms with Gasteiger partial charge in [0.1, 0.15) is 6.33 Å². The molecule has 4 heterocycles. The van der Waals surface area contributed by atoms with Gasteiger partial charge in [0, 0.05) is 61.6 Å². The van der Waals surface area contributed by atoms with Gasteiger partial charge in [-0.3, -0.25) is 4.90 Å². The standard InChI is InChI=1S/C18H20N6/c1-12-5-14(13(2)22-12)9-24-4-3-17-16(10-24)8-21-18(23-17)15-6-19-11-20-7-15/h5-8,11,22H,3-4,9-10H2,1-2H3. The second kappa shape index (κ2) is 6.13. The molecule has 122 valence electrons. The number of H-pyrrole nitrogens is 1. The van der Waals surface area contributed by atoms with Crippen LogP contribution in [0.2, 0.25) is 0 Å². The molecule has 3 aromatic rings. The molecule has 0 saturated heterocycles. The first-order chi connectivity index (χ1) is 11.7. The highest BCUT2D eigenvalue weighted by Gasteiger charge is 2.20. The summed E-state index contributed by atoms with van der Waals surface area (Å²) in [6.45, 7) is 7.11. The van der Waals surface area contributed by atoms with Crippen molar-refractivity contribution >= 4 is 0 Å². The zero-order valence-electron chi connectivity index (χ0n) is 14.0. The fourth-order valence-electron chi connectivity index (χ4n) is 3.25. The van der Waals surface area contributed by atoms with E-state index in [1.807, 2.05) is 6.20 Å². The third kappa shape index (κ3) is 2.92. The third-order valence-corrected chi connectivity index (χ3v) is 4.48. The Bertz CT molecular complexity index is 855. The molecule has 24 heavy (non-hydrogen) atoms. The number of rotatable bonds is 3. The lowest BCUT2D eigenvalue weighted by atomic mass is 10.1. The zero-order valence-corrected chi connectivity index (χ0v) is 14.0. The number of nitrogens with one attached hydrogen (secondary N) is 1. The van der Waals surface area contributed by atoms with Crippen LogP contribution < -0.4 is 0 Å². The smallest absolute Gasteiger partial charge is 0.162 e. The largest absolute Gasteiger partial charge is 0.362 e. The van der Waals surface area contributed by atoms with E-state index in [4.69, 9.17) is 4.98 Å². The molecule has 0 radical (unpaired) electrons. The lowest BCUT2D eigenvalue weighted by molar-refractivity contribution is 0.242. The van der Waals surface area contributed by atoms with Crippen LogP contribution in [0.5, 0.6) is 0 Å². The van der Waals surface area contributed by atoms with Gasteiger partial charge in [-0.25, -0.2) is 19.9 Å². The number of hydrogen-bond acceptors (Lipinski definition) is 5. The van der Waals surface area contributed by atoms with Gasteiger partial charge in [-0.15, -0.1) is 0 Å². The second-order valence-corrected chi connectivity index (χ2v) is 6.36. The van der Waals surface area contributed by atoms with Gasteiger partial charge in [0.15, 0.2) is 5.82 Å². The second-order valence-electron chi connectivity index (χ2n) is 6.36. The molecule has 1 aliphatic rings. The molecule has 6 heteroatoms. The summed E-state index contributed by atoms with van der Waals surface area (Å²) >= 11 is 0. The Morgan fingerprint density at radius 1 is 1.17 bits per heavy atom. The van der Waals surface area contributed by atoms with E-state index in [2.05, 4.69) is 44.7 Å². The molecule has 0 atom stereocenters. The molecule has 1 aliphatic heterocycles. The molecule has 0 spiro atoms. The summed E-state index contributed by atoms with van der Waals surface area (Å²) < 4.78 is 0. The molecule has 0 unspecified atom stereocenters. The first kappa shape index (κ1) is 15.0. The fourth-order valence-corrected chi connectivity index (χ4v) is 3.25. The van der Waals surface area contributed by atoms with Gasteiger partial charge in [0.05, 0.1) is 11.3 Å². The van der Waals surface area contributed by atoms with Crippen molar-refractivity contribution in [2.24, 2.45) is 0 Å².